The van der Waals surface area contributed by atoms with Crippen LogP contribution in [-0.4, -0.2) is 83.2 Å². The quantitative estimate of drug-likeness (QED) is 0.244. The van der Waals surface area contributed by atoms with Crippen molar-refractivity contribution in [3.8, 4) is 5.75 Å². The van der Waals surface area contributed by atoms with E-state index in [9.17, 15) is 24.0 Å². The van der Waals surface area contributed by atoms with Crippen LogP contribution in [0.3, 0.4) is 0 Å². The van der Waals surface area contributed by atoms with Gasteiger partial charge in [-0.15, -0.1) is 0 Å². The Morgan fingerprint density at radius 3 is 2.26 bits per heavy atom. The third kappa shape index (κ3) is 9.33. The average Bonchev–Trinajstić information content (AvgIpc) is 3.61. The maximum Gasteiger partial charge on any atom is 0.408 e. The van der Waals surface area contributed by atoms with Crippen molar-refractivity contribution in [2.75, 3.05) is 13.2 Å². The first-order valence-electron chi connectivity index (χ1n) is 17.7. The molecule has 5 atom stereocenters. The first-order valence-corrected chi connectivity index (χ1v) is 17.7. The van der Waals surface area contributed by atoms with Crippen LogP contribution in [0.25, 0.3) is 0 Å². The number of carbonyl (C=O) groups is 5. The van der Waals surface area contributed by atoms with E-state index in [1.54, 1.807) is 6.92 Å². The Morgan fingerprint density at radius 1 is 1.08 bits per heavy atom. The Morgan fingerprint density at radius 2 is 1.72 bits per heavy atom. The summed E-state index contributed by atoms with van der Waals surface area (Å²) in [4.78, 5) is 73.9. The maximum absolute atomic E-state index is 14.5. The number of nitrogens with two attached hydrogens (primary N) is 1. The molecule has 1 saturated carbocycles. The standard InChI is InChI=1S/C37H55N5O8/c1-10-48-30-21(4)14-25(15-22(30)5)27-17-37(50-41-27)18-28(33(45)39-26(16-24-11-12-24)29(43)32(38)44)42(19-37)34(46)31(36(7,8)9)40-35(47)49-23(6)13-20(2)3/h14-15,20,23-24,26,28,31H,10-13,16-19H2,1-9H3,(H2,38,44)(H,39,45)(H,40,47)/t23-,26+,28+,31-,37-/m1/s1. The number of ketones is 1. The fraction of sp³-hybridized carbons (Fsp3) is 0.676. The molecular formula is C37H55N5O8. The van der Waals surface area contributed by atoms with Gasteiger partial charge in [0.1, 0.15) is 23.9 Å². The number of nitrogens with zero attached hydrogens (tertiary/aromatic N) is 2. The Hall–Kier alpha value is -4.16. The molecule has 13 nitrogen and oxygen atoms in total. The van der Waals surface area contributed by atoms with Gasteiger partial charge in [0.2, 0.25) is 17.6 Å². The molecule has 1 aromatic carbocycles. The van der Waals surface area contributed by atoms with Crippen molar-refractivity contribution in [1.82, 2.24) is 15.5 Å². The van der Waals surface area contributed by atoms with Gasteiger partial charge in [0.15, 0.2) is 5.60 Å². The van der Waals surface area contributed by atoms with Gasteiger partial charge in [-0.1, -0.05) is 52.6 Å². The summed E-state index contributed by atoms with van der Waals surface area (Å²) in [6.45, 7) is 17.7. The van der Waals surface area contributed by atoms with Gasteiger partial charge in [-0.3, -0.25) is 19.2 Å². The van der Waals surface area contributed by atoms with Gasteiger partial charge < -0.3 is 35.6 Å². The van der Waals surface area contributed by atoms with Gasteiger partial charge in [0, 0.05) is 18.4 Å². The number of ether oxygens (including phenoxy) is 2. The number of hydrogen-bond acceptors (Lipinski definition) is 9. The van der Waals surface area contributed by atoms with Crippen LogP contribution < -0.4 is 21.1 Å². The normalized spacial score (nSPS) is 22.0. The molecular weight excluding hydrogens is 642 g/mol. The number of benzene rings is 1. The van der Waals surface area contributed by atoms with Crippen LogP contribution in [0.1, 0.15) is 104 Å². The number of likely N-dealkylation sites (tertiary alicyclic amines) is 1. The molecule has 3 aliphatic rings. The lowest BCUT2D eigenvalue weighted by Gasteiger charge is -2.35. The van der Waals surface area contributed by atoms with E-state index >= 15 is 0 Å². The maximum atomic E-state index is 14.5. The van der Waals surface area contributed by atoms with Crippen molar-refractivity contribution in [2.45, 2.75) is 131 Å². The average molecular weight is 698 g/mol. The Kier molecular flexibility index (Phi) is 11.9. The summed E-state index contributed by atoms with van der Waals surface area (Å²) in [6, 6.07) is 0.682. The van der Waals surface area contributed by atoms with Crippen LogP contribution in [0.2, 0.25) is 0 Å². The lowest BCUT2D eigenvalue weighted by molar-refractivity contribution is -0.143. The van der Waals surface area contributed by atoms with Crippen molar-refractivity contribution in [3.05, 3.63) is 28.8 Å². The monoisotopic (exact) mass is 697 g/mol. The summed E-state index contributed by atoms with van der Waals surface area (Å²) in [7, 11) is 0. The minimum atomic E-state index is -1.13. The number of rotatable bonds is 14. The molecule has 1 saturated heterocycles. The van der Waals surface area contributed by atoms with Gasteiger partial charge in [-0.2, -0.15) is 0 Å². The highest BCUT2D eigenvalue weighted by atomic mass is 16.7. The molecule has 0 bridgehead atoms. The molecule has 4 N–H and O–H groups in total. The topological polar surface area (TPSA) is 179 Å². The fourth-order valence-electron chi connectivity index (χ4n) is 6.99. The van der Waals surface area contributed by atoms with E-state index in [4.69, 9.17) is 20.0 Å². The largest absolute Gasteiger partial charge is 0.493 e. The predicted molar refractivity (Wildman–Crippen MR) is 187 cm³/mol. The first-order chi connectivity index (χ1) is 23.3. The molecule has 13 heteroatoms. The number of aryl methyl sites for hydroxylation is 2. The number of nitrogens with one attached hydrogen (secondary N) is 2. The van der Waals surface area contributed by atoms with Gasteiger partial charge in [-0.05, 0) is 81.0 Å². The molecule has 50 heavy (non-hydrogen) atoms. The fourth-order valence-corrected chi connectivity index (χ4v) is 6.99. The number of oxime groups is 1. The summed E-state index contributed by atoms with van der Waals surface area (Å²) in [5.74, 6) is -1.82. The van der Waals surface area contributed by atoms with Gasteiger partial charge >= 0.3 is 6.09 Å². The van der Waals surface area contributed by atoms with Crippen LogP contribution in [0, 0.1) is 31.1 Å². The van der Waals surface area contributed by atoms with Crippen molar-refractivity contribution in [1.29, 1.82) is 0 Å². The van der Waals surface area contributed by atoms with Crippen LogP contribution in [-0.2, 0) is 28.8 Å². The summed E-state index contributed by atoms with van der Waals surface area (Å²) in [6.07, 6.45) is 1.98. The number of carbonyl (C=O) groups excluding carboxylic acids is 5. The van der Waals surface area contributed by atoms with E-state index in [0.29, 0.717) is 31.1 Å². The molecule has 0 unspecified atom stereocenters. The molecule has 0 aromatic heterocycles. The van der Waals surface area contributed by atoms with Gasteiger partial charge in [0.25, 0.3) is 5.91 Å². The van der Waals surface area contributed by atoms with E-state index in [-0.39, 0.29) is 31.4 Å². The molecule has 276 valence electrons. The second kappa shape index (κ2) is 15.4. The second-order valence-corrected chi connectivity index (χ2v) is 15.8. The highest BCUT2D eigenvalue weighted by Crippen LogP contribution is 2.41. The van der Waals surface area contributed by atoms with Crippen molar-refractivity contribution < 1.29 is 38.3 Å². The van der Waals surface area contributed by atoms with E-state index < -0.39 is 58.7 Å². The smallest absolute Gasteiger partial charge is 0.408 e. The zero-order valence-corrected chi connectivity index (χ0v) is 31.0. The number of amides is 4. The lowest BCUT2D eigenvalue weighted by Crippen LogP contribution is -2.59. The van der Waals surface area contributed by atoms with Gasteiger partial charge in [-0.25, -0.2) is 4.79 Å². The summed E-state index contributed by atoms with van der Waals surface area (Å²) < 4.78 is 11.4. The van der Waals surface area contributed by atoms with Crippen molar-refractivity contribution >= 4 is 35.3 Å². The Bertz CT molecular complexity index is 1490. The number of Topliss-reactive ketones (excluding diaryl/α,β-unsaturated/α-hetero) is 1. The Labute approximate surface area is 295 Å². The van der Waals surface area contributed by atoms with E-state index in [0.717, 1.165) is 35.3 Å². The van der Waals surface area contributed by atoms with E-state index in [1.165, 1.54) is 4.90 Å². The molecule has 1 aromatic rings. The lowest BCUT2D eigenvalue weighted by atomic mass is 9.85. The molecule has 4 rings (SSSR count). The molecule has 2 fully saturated rings. The van der Waals surface area contributed by atoms with Crippen LogP contribution in [0.15, 0.2) is 17.3 Å². The molecule has 0 radical (unpaired) electrons. The molecule has 1 aliphatic carbocycles. The second-order valence-electron chi connectivity index (χ2n) is 15.8. The van der Waals surface area contributed by atoms with Crippen LogP contribution >= 0.6 is 0 Å². The molecule has 2 aliphatic heterocycles. The minimum Gasteiger partial charge on any atom is -0.493 e. The predicted octanol–water partition coefficient (Wildman–Crippen LogP) is 4.08. The molecule has 2 heterocycles. The first kappa shape index (κ1) is 38.6. The van der Waals surface area contributed by atoms with Crippen LogP contribution in [0.5, 0.6) is 5.75 Å². The van der Waals surface area contributed by atoms with Crippen molar-refractivity contribution in [3.63, 3.8) is 0 Å². The molecule has 1 spiro atoms. The number of primary amides is 1. The number of alkyl carbamates (subject to hydrolysis) is 1. The number of hydrogen-bond donors (Lipinski definition) is 3. The van der Waals surface area contributed by atoms with E-state index in [2.05, 4.69) is 15.8 Å². The molecule has 4 amide bonds. The summed E-state index contributed by atoms with van der Waals surface area (Å²) in [5.41, 5.74) is 6.91. The van der Waals surface area contributed by atoms with E-state index in [1.807, 2.05) is 67.5 Å². The summed E-state index contributed by atoms with van der Waals surface area (Å²) >= 11 is 0. The zero-order chi connectivity index (χ0) is 37.1. The third-order valence-electron chi connectivity index (χ3n) is 9.54. The highest BCUT2D eigenvalue weighted by molar-refractivity contribution is 6.37. The highest BCUT2D eigenvalue weighted by Gasteiger charge is 2.56. The minimum absolute atomic E-state index is 0.00394. The third-order valence-corrected chi connectivity index (χ3v) is 9.54. The SMILES string of the molecule is CCOc1c(C)cc(C2=NO[C@]3(C2)C[C@@H](C(=O)N[C@@H](CC2CC2)C(=O)C(N)=O)N(C(=O)[C@@H](NC(=O)O[C@H](C)CC(C)C)C(C)(C)C)C3)cc1C. The van der Waals surface area contributed by atoms with Gasteiger partial charge in [0.05, 0.1) is 24.9 Å². The summed E-state index contributed by atoms with van der Waals surface area (Å²) in [5, 5.41) is 9.95. The van der Waals surface area contributed by atoms with Crippen LogP contribution in [0.4, 0.5) is 4.79 Å². The Balaban J connectivity index is 1.63. The zero-order valence-electron chi connectivity index (χ0n) is 31.0. The van der Waals surface area contributed by atoms with Crippen molar-refractivity contribution in [2.24, 2.45) is 28.1 Å².